The summed E-state index contributed by atoms with van der Waals surface area (Å²) >= 11 is 0. The fraction of sp³-hybridized carbons (Fsp3) is 0. The first-order chi connectivity index (χ1) is 23.8. The molecule has 0 fully saturated rings. The lowest BCUT2D eigenvalue weighted by Crippen LogP contribution is -1.96. The molecule has 48 heavy (non-hydrogen) atoms. The standard InChI is InChI=1S/C45H27N3/c46-28-29-17-22-35-30(25-29)18-19-31-26-34(21-24-36(31)35)48-43-16-7-5-12-39(43)41-14-8-13-37(45(41)48)32-20-23-40-38-11-4-6-15-42(38)47(44(40)27-32)33-9-2-1-3-10-33/h1-27H. The lowest BCUT2D eigenvalue weighted by atomic mass is 9.99. The average molecular weight is 610 g/mol. The quantitative estimate of drug-likeness (QED) is 0.183. The van der Waals surface area contributed by atoms with Gasteiger partial charge in [0.25, 0.3) is 0 Å². The lowest BCUT2D eigenvalue weighted by Gasteiger charge is -2.14. The Morgan fingerprint density at radius 3 is 1.81 bits per heavy atom. The summed E-state index contributed by atoms with van der Waals surface area (Å²) in [4.78, 5) is 0. The molecule has 0 atom stereocenters. The number of fused-ring (bicyclic) bond motifs is 9. The Hall–Kier alpha value is -6.63. The van der Waals surface area contributed by atoms with E-state index in [0.29, 0.717) is 5.56 Å². The molecule has 0 N–H and O–H groups in total. The van der Waals surface area contributed by atoms with Crippen molar-refractivity contribution in [3.05, 3.63) is 169 Å². The number of nitrogens with zero attached hydrogens (tertiary/aromatic N) is 3. The molecule has 2 heterocycles. The van der Waals surface area contributed by atoms with Crippen LogP contribution in [-0.2, 0) is 0 Å². The molecule has 10 aromatic rings. The monoisotopic (exact) mass is 609 g/mol. The predicted molar refractivity (Wildman–Crippen MR) is 200 cm³/mol. The molecule has 0 radical (unpaired) electrons. The smallest absolute Gasteiger partial charge is 0.0991 e. The van der Waals surface area contributed by atoms with Crippen molar-refractivity contribution in [3.8, 4) is 28.6 Å². The fourth-order valence-corrected chi connectivity index (χ4v) is 7.78. The maximum Gasteiger partial charge on any atom is 0.0991 e. The zero-order chi connectivity index (χ0) is 31.8. The Morgan fingerprint density at radius 1 is 0.396 bits per heavy atom. The van der Waals surface area contributed by atoms with Crippen molar-refractivity contribution >= 4 is 65.2 Å². The summed E-state index contributed by atoms with van der Waals surface area (Å²) in [5, 5.41) is 19.0. The minimum Gasteiger partial charge on any atom is -0.309 e. The van der Waals surface area contributed by atoms with Gasteiger partial charge in [-0.05, 0) is 81.7 Å². The first kappa shape index (κ1) is 26.6. The van der Waals surface area contributed by atoms with Crippen LogP contribution in [0.3, 0.4) is 0 Å². The Labute approximate surface area is 276 Å². The predicted octanol–water partition coefficient (Wildman–Crippen LogP) is 11.7. The fourth-order valence-electron chi connectivity index (χ4n) is 7.78. The van der Waals surface area contributed by atoms with Gasteiger partial charge < -0.3 is 9.13 Å². The van der Waals surface area contributed by atoms with Gasteiger partial charge in [0.2, 0.25) is 0 Å². The molecule has 2 aromatic heterocycles. The normalized spacial score (nSPS) is 11.7. The van der Waals surface area contributed by atoms with Crippen molar-refractivity contribution in [2.24, 2.45) is 0 Å². The zero-order valence-electron chi connectivity index (χ0n) is 25.9. The molecule has 8 aromatic carbocycles. The van der Waals surface area contributed by atoms with Gasteiger partial charge in [0.15, 0.2) is 0 Å². The van der Waals surface area contributed by atoms with E-state index in [1.54, 1.807) is 0 Å². The van der Waals surface area contributed by atoms with Crippen molar-refractivity contribution in [2.45, 2.75) is 0 Å². The van der Waals surface area contributed by atoms with Crippen molar-refractivity contribution in [2.75, 3.05) is 0 Å². The van der Waals surface area contributed by atoms with Gasteiger partial charge in [0.05, 0.1) is 33.7 Å². The van der Waals surface area contributed by atoms with Crippen LogP contribution >= 0.6 is 0 Å². The highest BCUT2D eigenvalue weighted by molar-refractivity contribution is 6.16. The summed E-state index contributed by atoms with van der Waals surface area (Å²) in [5.74, 6) is 0. The van der Waals surface area contributed by atoms with Crippen molar-refractivity contribution in [1.29, 1.82) is 5.26 Å². The maximum atomic E-state index is 9.43. The Balaban J connectivity index is 1.25. The van der Waals surface area contributed by atoms with Crippen LogP contribution < -0.4 is 0 Å². The van der Waals surface area contributed by atoms with E-state index in [4.69, 9.17) is 0 Å². The number of hydrogen-bond acceptors (Lipinski definition) is 1. The van der Waals surface area contributed by atoms with Crippen LogP contribution in [0.1, 0.15) is 5.56 Å². The molecule has 222 valence electrons. The highest BCUT2D eigenvalue weighted by Gasteiger charge is 2.19. The van der Waals surface area contributed by atoms with Crippen LogP contribution in [0.25, 0.3) is 87.7 Å². The molecule has 0 aliphatic rings. The van der Waals surface area contributed by atoms with Gasteiger partial charge in [0, 0.05) is 38.5 Å². The van der Waals surface area contributed by atoms with Gasteiger partial charge in [-0.15, -0.1) is 0 Å². The third-order valence-electron chi connectivity index (χ3n) is 9.90. The first-order valence-corrected chi connectivity index (χ1v) is 16.2. The molecule has 0 aliphatic heterocycles. The van der Waals surface area contributed by atoms with E-state index in [2.05, 4.69) is 167 Å². The number of benzene rings is 8. The van der Waals surface area contributed by atoms with Gasteiger partial charge in [-0.2, -0.15) is 5.26 Å². The van der Waals surface area contributed by atoms with Gasteiger partial charge in [-0.3, -0.25) is 0 Å². The molecule has 0 spiro atoms. The zero-order valence-corrected chi connectivity index (χ0v) is 25.9. The Morgan fingerprint density at radius 2 is 1.02 bits per heavy atom. The topological polar surface area (TPSA) is 33.6 Å². The van der Waals surface area contributed by atoms with Crippen LogP contribution in [0.5, 0.6) is 0 Å². The Kier molecular flexibility index (Phi) is 5.64. The second-order valence-corrected chi connectivity index (χ2v) is 12.5. The van der Waals surface area contributed by atoms with Gasteiger partial charge in [0.1, 0.15) is 0 Å². The minimum atomic E-state index is 0.679. The molecule has 10 rings (SSSR count). The number of aromatic nitrogens is 2. The maximum absolute atomic E-state index is 9.43. The molecule has 0 unspecified atom stereocenters. The summed E-state index contributed by atoms with van der Waals surface area (Å²) < 4.78 is 4.82. The van der Waals surface area contributed by atoms with Crippen molar-refractivity contribution < 1.29 is 0 Å². The molecule has 0 amide bonds. The molecular formula is C45H27N3. The highest BCUT2D eigenvalue weighted by Crippen LogP contribution is 2.41. The van der Waals surface area contributed by atoms with Crippen molar-refractivity contribution in [1.82, 2.24) is 9.13 Å². The number of hydrogen-bond donors (Lipinski definition) is 0. The van der Waals surface area contributed by atoms with Gasteiger partial charge in [-0.25, -0.2) is 0 Å². The van der Waals surface area contributed by atoms with E-state index in [1.165, 1.54) is 65.5 Å². The van der Waals surface area contributed by atoms with Crippen LogP contribution in [0.15, 0.2) is 164 Å². The summed E-state index contributed by atoms with van der Waals surface area (Å²) in [6.07, 6.45) is 0. The summed E-state index contributed by atoms with van der Waals surface area (Å²) in [6, 6.07) is 61.0. The minimum absolute atomic E-state index is 0.679. The Bertz CT molecular complexity index is 2950. The van der Waals surface area contributed by atoms with E-state index in [1.807, 2.05) is 12.1 Å². The number of nitriles is 1. The second kappa shape index (κ2) is 10.2. The SMILES string of the molecule is N#Cc1ccc2c(ccc3cc(-n4c5ccccc5c5cccc(-c6ccc7c8ccccc8n(-c8ccccc8)c7c6)c54)ccc32)c1. The second-order valence-electron chi connectivity index (χ2n) is 12.5. The number of rotatable bonds is 3. The van der Waals surface area contributed by atoms with Gasteiger partial charge in [-0.1, -0.05) is 109 Å². The molecule has 0 saturated carbocycles. The first-order valence-electron chi connectivity index (χ1n) is 16.2. The third kappa shape index (κ3) is 3.81. The molecule has 3 nitrogen and oxygen atoms in total. The molecule has 0 bridgehead atoms. The molecule has 3 heteroatoms. The molecular weight excluding hydrogens is 583 g/mol. The molecule has 0 aliphatic carbocycles. The van der Waals surface area contributed by atoms with E-state index >= 15 is 0 Å². The van der Waals surface area contributed by atoms with Crippen LogP contribution in [0, 0.1) is 11.3 Å². The average Bonchev–Trinajstić information content (AvgIpc) is 3.67. The van der Waals surface area contributed by atoms with Gasteiger partial charge >= 0.3 is 0 Å². The summed E-state index contributed by atoms with van der Waals surface area (Å²) in [6.45, 7) is 0. The van der Waals surface area contributed by atoms with Crippen LogP contribution in [0.4, 0.5) is 0 Å². The van der Waals surface area contributed by atoms with E-state index < -0.39 is 0 Å². The van der Waals surface area contributed by atoms with E-state index in [9.17, 15) is 5.26 Å². The third-order valence-corrected chi connectivity index (χ3v) is 9.90. The van der Waals surface area contributed by atoms with E-state index in [-0.39, 0.29) is 0 Å². The summed E-state index contributed by atoms with van der Waals surface area (Å²) in [7, 11) is 0. The van der Waals surface area contributed by atoms with Crippen LogP contribution in [-0.4, -0.2) is 9.13 Å². The van der Waals surface area contributed by atoms with Crippen LogP contribution in [0.2, 0.25) is 0 Å². The number of para-hydroxylation sites is 4. The van der Waals surface area contributed by atoms with E-state index in [0.717, 1.165) is 22.1 Å². The molecule has 0 saturated heterocycles. The lowest BCUT2D eigenvalue weighted by molar-refractivity contribution is 1.18. The van der Waals surface area contributed by atoms with Crippen molar-refractivity contribution in [3.63, 3.8) is 0 Å². The highest BCUT2D eigenvalue weighted by atomic mass is 15.0. The largest absolute Gasteiger partial charge is 0.309 e. The summed E-state index contributed by atoms with van der Waals surface area (Å²) in [5.41, 5.74) is 10.1.